The van der Waals surface area contributed by atoms with Crippen molar-refractivity contribution < 1.29 is 4.79 Å². The number of hydrogen-bond acceptors (Lipinski definition) is 3. The second kappa shape index (κ2) is 6.16. The van der Waals surface area contributed by atoms with Gasteiger partial charge in [-0.2, -0.15) is 0 Å². The number of nitrogens with zero attached hydrogens (tertiary/aromatic N) is 2. The third-order valence-electron chi connectivity index (χ3n) is 3.30. The molecule has 0 aromatic carbocycles. The lowest BCUT2D eigenvalue weighted by Gasteiger charge is -2.32. The Hall–Kier alpha value is -1.13. The largest absolute Gasteiger partial charge is 0.338 e. The number of carbonyl (C=O) groups is 1. The fraction of sp³-hybridized carbons (Fsp3) is 0.538. The maximum atomic E-state index is 12.4. The molecule has 1 N–H and O–H groups in total. The van der Waals surface area contributed by atoms with Gasteiger partial charge in [-0.05, 0) is 38.4 Å². The summed E-state index contributed by atoms with van der Waals surface area (Å²) in [5.74, 6) is 0.552. The molecule has 1 aromatic heterocycles. The van der Waals surface area contributed by atoms with Gasteiger partial charge in [-0.25, -0.2) is 0 Å². The van der Waals surface area contributed by atoms with E-state index in [0.717, 1.165) is 26.1 Å². The van der Waals surface area contributed by atoms with E-state index in [1.807, 2.05) is 11.9 Å². The number of halogens is 1. The van der Waals surface area contributed by atoms with Crippen molar-refractivity contribution in [2.75, 3.05) is 26.7 Å². The minimum Gasteiger partial charge on any atom is -0.338 e. The third-order valence-corrected chi connectivity index (χ3v) is 3.60. The number of aromatic nitrogens is 1. The van der Waals surface area contributed by atoms with Gasteiger partial charge in [-0.15, -0.1) is 0 Å². The average molecular weight is 268 g/mol. The van der Waals surface area contributed by atoms with Crippen LogP contribution in [0.15, 0.2) is 18.5 Å². The van der Waals surface area contributed by atoms with Crippen LogP contribution < -0.4 is 5.32 Å². The van der Waals surface area contributed by atoms with Gasteiger partial charge in [0.15, 0.2) is 0 Å². The molecule has 2 heterocycles. The first kappa shape index (κ1) is 13.3. The molecule has 0 spiro atoms. The maximum absolute atomic E-state index is 12.4. The molecule has 4 nitrogen and oxygen atoms in total. The highest BCUT2D eigenvalue weighted by Crippen LogP contribution is 2.21. The Balaban J connectivity index is 2.07. The predicted molar refractivity (Wildman–Crippen MR) is 71.8 cm³/mol. The molecule has 1 aromatic rings. The molecule has 1 aliphatic heterocycles. The molecule has 98 valence electrons. The molecule has 5 heteroatoms. The van der Waals surface area contributed by atoms with Crippen LogP contribution in [0.25, 0.3) is 0 Å². The number of likely N-dealkylation sites (tertiary alicyclic amines) is 1. The molecule has 2 rings (SSSR count). The van der Waals surface area contributed by atoms with Gasteiger partial charge < -0.3 is 10.2 Å². The average Bonchev–Trinajstić information content (AvgIpc) is 2.39. The first-order valence-electron chi connectivity index (χ1n) is 6.25. The number of amides is 1. The van der Waals surface area contributed by atoms with Gasteiger partial charge in [0.25, 0.3) is 5.91 Å². The minimum absolute atomic E-state index is 0.0169. The highest BCUT2D eigenvalue weighted by molar-refractivity contribution is 6.33. The summed E-state index contributed by atoms with van der Waals surface area (Å²) in [5.41, 5.74) is 0.553. The van der Waals surface area contributed by atoms with Gasteiger partial charge in [0.2, 0.25) is 0 Å². The number of pyridine rings is 1. The van der Waals surface area contributed by atoms with E-state index >= 15 is 0 Å². The summed E-state index contributed by atoms with van der Waals surface area (Å²) in [7, 11) is 1.94. The van der Waals surface area contributed by atoms with Gasteiger partial charge in [0, 0.05) is 25.5 Å². The number of piperidine rings is 1. The molecule has 1 atom stereocenters. The molecule has 0 bridgehead atoms. The smallest absolute Gasteiger partial charge is 0.255 e. The van der Waals surface area contributed by atoms with Crippen LogP contribution in [-0.2, 0) is 0 Å². The van der Waals surface area contributed by atoms with Gasteiger partial charge in [-0.1, -0.05) is 11.6 Å². The Morgan fingerprint density at radius 1 is 1.67 bits per heavy atom. The van der Waals surface area contributed by atoms with E-state index in [9.17, 15) is 4.79 Å². The molecule has 1 saturated heterocycles. The molecule has 0 unspecified atom stereocenters. The second-order valence-corrected chi connectivity index (χ2v) is 5.08. The Kier molecular flexibility index (Phi) is 4.55. The predicted octanol–water partition coefficient (Wildman–Crippen LogP) is 1.81. The lowest BCUT2D eigenvalue weighted by Crippen LogP contribution is -2.42. The topological polar surface area (TPSA) is 45.2 Å². The summed E-state index contributed by atoms with van der Waals surface area (Å²) in [6, 6.07) is 1.69. The zero-order chi connectivity index (χ0) is 13.0. The first-order chi connectivity index (χ1) is 8.72. The molecule has 0 radical (unpaired) electrons. The van der Waals surface area contributed by atoms with Crippen molar-refractivity contribution in [1.29, 1.82) is 0 Å². The van der Waals surface area contributed by atoms with E-state index in [1.54, 1.807) is 12.3 Å². The van der Waals surface area contributed by atoms with E-state index in [4.69, 9.17) is 11.6 Å². The Bertz CT molecular complexity index is 422. The molecular formula is C13H18ClN3O. The van der Waals surface area contributed by atoms with E-state index in [-0.39, 0.29) is 5.91 Å². The van der Waals surface area contributed by atoms with Crippen molar-refractivity contribution in [3.8, 4) is 0 Å². The lowest BCUT2D eigenvalue weighted by molar-refractivity contribution is 0.0674. The molecule has 1 aliphatic rings. The summed E-state index contributed by atoms with van der Waals surface area (Å²) < 4.78 is 0. The normalized spacial score (nSPS) is 19.9. The van der Waals surface area contributed by atoms with Crippen LogP contribution in [0.1, 0.15) is 23.2 Å². The van der Waals surface area contributed by atoms with Crippen molar-refractivity contribution in [2.45, 2.75) is 12.8 Å². The van der Waals surface area contributed by atoms with Crippen molar-refractivity contribution in [3.63, 3.8) is 0 Å². The monoisotopic (exact) mass is 267 g/mol. The van der Waals surface area contributed by atoms with Crippen molar-refractivity contribution in [1.82, 2.24) is 15.2 Å². The van der Waals surface area contributed by atoms with Crippen LogP contribution in [-0.4, -0.2) is 42.5 Å². The second-order valence-electron chi connectivity index (χ2n) is 4.67. The van der Waals surface area contributed by atoms with Gasteiger partial charge in [0.1, 0.15) is 0 Å². The Labute approximate surface area is 112 Å². The molecule has 1 amide bonds. The standard InChI is InChI=1S/C13H18ClN3O/c1-15-7-10-3-2-6-17(9-10)13(18)11-4-5-16-8-12(11)14/h4-5,8,10,15H,2-3,6-7,9H2,1H3/t10-/m0/s1. The van der Waals surface area contributed by atoms with Crippen LogP contribution in [0.5, 0.6) is 0 Å². The number of carbonyl (C=O) groups excluding carboxylic acids is 1. The highest BCUT2D eigenvalue weighted by Gasteiger charge is 2.25. The summed E-state index contributed by atoms with van der Waals surface area (Å²) in [6.07, 6.45) is 5.35. The maximum Gasteiger partial charge on any atom is 0.255 e. The van der Waals surface area contributed by atoms with Crippen LogP contribution in [0.4, 0.5) is 0 Å². The minimum atomic E-state index is 0.0169. The highest BCUT2D eigenvalue weighted by atomic mass is 35.5. The fourth-order valence-corrected chi connectivity index (χ4v) is 2.62. The molecule has 0 aliphatic carbocycles. The molecule has 1 fully saturated rings. The van der Waals surface area contributed by atoms with Crippen LogP contribution >= 0.6 is 11.6 Å². The summed E-state index contributed by atoms with van der Waals surface area (Å²) in [5, 5.41) is 3.60. The number of rotatable bonds is 3. The Morgan fingerprint density at radius 2 is 2.50 bits per heavy atom. The number of hydrogen-bond donors (Lipinski definition) is 1. The van der Waals surface area contributed by atoms with Crippen LogP contribution in [0.2, 0.25) is 5.02 Å². The van der Waals surface area contributed by atoms with Crippen LogP contribution in [0, 0.1) is 5.92 Å². The quantitative estimate of drug-likeness (QED) is 0.908. The molecular weight excluding hydrogens is 250 g/mol. The summed E-state index contributed by atoms with van der Waals surface area (Å²) >= 11 is 6.01. The lowest BCUT2D eigenvalue weighted by atomic mass is 9.97. The molecule has 18 heavy (non-hydrogen) atoms. The zero-order valence-electron chi connectivity index (χ0n) is 10.5. The third kappa shape index (κ3) is 3.00. The fourth-order valence-electron chi connectivity index (χ4n) is 2.42. The zero-order valence-corrected chi connectivity index (χ0v) is 11.3. The van der Waals surface area contributed by atoms with Gasteiger partial charge in [-0.3, -0.25) is 9.78 Å². The van der Waals surface area contributed by atoms with Gasteiger partial charge in [0.05, 0.1) is 10.6 Å². The van der Waals surface area contributed by atoms with E-state index in [2.05, 4.69) is 10.3 Å². The van der Waals surface area contributed by atoms with E-state index < -0.39 is 0 Å². The summed E-state index contributed by atoms with van der Waals surface area (Å²) in [4.78, 5) is 18.2. The number of nitrogens with one attached hydrogen (secondary N) is 1. The SMILES string of the molecule is CNC[C@@H]1CCCN(C(=O)c2ccncc2Cl)C1. The summed E-state index contributed by atoms with van der Waals surface area (Å²) in [6.45, 7) is 2.57. The van der Waals surface area contributed by atoms with Gasteiger partial charge >= 0.3 is 0 Å². The van der Waals surface area contributed by atoms with Crippen molar-refractivity contribution >= 4 is 17.5 Å². The van der Waals surface area contributed by atoms with E-state index in [0.29, 0.717) is 16.5 Å². The van der Waals surface area contributed by atoms with E-state index in [1.165, 1.54) is 12.6 Å². The van der Waals surface area contributed by atoms with Crippen molar-refractivity contribution in [3.05, 3.63) is 29.0 Å². The van der Waals surface area contributed by atoms with Crippen LogP contribution in [0.3, 0.4) is 0 Å². The molecule has 0 saturated carbocycles. The van der Waals surface area contributed by atoms with Crippen molar-refractivity contribution in [2.24, 2.45) is 5.92 Å². The Morgan fingerprint density at radius 3 is 3.22 bits per heavy atom. The first-order valence-corrected chi connectivity index (χ1v) is 6.63.